The molecular formula is C19H13Cl2F3O3. The van der Waals surface area contributed by atoms with Gasteiger partial charge in [-0.1, -0.05) is 29.3 Å². The van der Waals surface area contributed by atoms with Crippen LogP contribution in [0.2, 0.25) is 10.0 Å². The summed E-state index contributed by atoms with van der Waals surface area (Å²) in [6.07, 6.45) is -4.21. The highest BCUT2D eigenvalue weighted by Crippen LogP contribution is 2.51. The van der Waals surface area contributed by atoms with E-state index >= 15 is 0 Å². The number of aliphatic carboxylic acids is 1. The first-order valence-electron chi connectivity index (χ1n) is 7.79. The largest absolute Gasteiger partial charge is 0.478 e. The summed E-state index contributed by atoms with van der Waals surface area (Å²) >= 11 is 11.8. The van der Waals surface area contributed by atoms with Gasteiger partial charge in [0.25, 0.3) is 0 Å². The molecule has 27 heavy (non-hydrogen) atoms. The average molecular weight is 417 g/mol. The van der Waals surface area contributed by atoms with Crippen molar-refractivity contribution in [2.24, 2.45) is 0 Å². The van der Waals surface area contributed by atoms with Crippen molar-refractivity contribution < 1.29 is 27.8 Å². The van der Waals surface area contributed by atoms with Crippen LogP contribution in [-0.4, -0.2) is 17.3 Å². The summed E-state index contributed by atoms with van der Waals surface area (Å²) in [4.78, 5) is 10.8. The molecule has 1 atom stereocenters. The van der Waals surface area contributed by atoms with E-state index in [1.165, 1.54) is 36.4 Å². The Morgan fingerprint density at radius 3 is 2.37 bits per heavy atom. The number of ether oxygens (including phenoxy) is 1. The van der Waals surface area contributed by atoms with Gasteiger partial charge in [0.05, 0.1) is 0 Å². The van der Waals surface area contributed by atoms with E-state index in [9.17, 15) is 18.0 Å². The first-order valence-corrected chi connectivity index (χ1v) is 8.54. The Bertz CT molecular complexity index is 933. The van der Waals surface area contributed by atoms with Gasteiger partial charge in [0, 0.05) is 28.1 Å². The maximum Gasteiger partial charge on any atom is 0.432 e. The number of alkyl halides is 3. The van der Waals surface area contributed by atoms with Gasteiger partial charge in [0.2, 0.25) is 5.60 Å². The molecule has 3 rings (SSSR count). The number of hydrogen-bond acceptors (Lipinski definition) is 2. The van der Waals surface area contributed by atoms with Gasteiger partial charge < -0.3 is 9.84 Å². The van der Waals surface area contributed by atoms with Crippen LogP contribution in [-0.2, 0) is 16.8 Å². The topological polar surface area (TPSA) is 46.5 Å². The number of hydrogen-bond donors (Lipinski definition) is 1. The lowest BCUT2D eigenvalue weighted by Crippen LogP contribution is -2.46. The monoisotopic (exact) mass is 416 g/mol. The van der Waals surface area contributed by atoms with E-state index in [1.807, 2.05) is 0 Å². The standard InChI is InChI=1S/C19H13Cl2F3O3/c1-10(4-17(25)26)11-2-3-16-12(5-11)9-18(27-16,19(22,23)24)13-6-14(20)8-15(21)7-13/h2-8H,9H2,1H3,(H,25,26). The molecule has 1 aliphatic rings. The predicted molar refractivity (Wildman–Crippen MR) is 96.3 cm³/mol. The Morgan fingerprint density at radius 1 is 1.19 bits per heavy atom. The molecular weight excluding hydrogens is 404 g/mol. The lowest BCUT2D eigenvalue weighted by molar-refractivity contribution is -0.248. The fourth-order valence-corrected chi connectivity index (χ4v) is 3.62. The van der Waals surface area contributed by atoms with Gasteiger partial charge in [-0.2, -0.15) is 13.2 Å². The molecule has 0 saturated carbocycles. The Morgan fingerprint density at radius 2 is 1.81 bits per heavy atom. The van der Waals surface area contributed by atoms with Crippen molar-refractivity contribution in [3.63, 3.8) is 0 Å². The molecule has 0 aromatic heterocycles. The number of rotatable bonds is 3. The molecule has 0 aliphatic carbocycles. The highest BCUT2D eigenvalue weighted by atomic mass is 35.5. The molecule has 142 valence electrons. The van der Waals surface area contributed by atoms with E-state index in [1.54, 1.807) is 6.92 Å². The second-order valence-corrected chi connectivity index (χ2v) is 7.12. The normalized spacial score (nSPS) is 19.6. The third-order valence-corrected chi connectivity index (χ3v) is 4.80. The fourth-order valence-electron chi connectivity index (χ4n) is 3.09. The number of carbonyl (C=O) groups is 1. The van der Waals surface area contributed by atoms with E-state index < -0.39 is 24.2 Å². The fraction of sp³-hybridized carbons (Fsp3) is 0.211. The Labute approximate surface area is 163 Å². The van der Waals surface area contributed by atoms with E-state index in [4.69, 9.17) is 33.0 Å². The zero-order chi connectivity index (χ0) is 20.0. The van der Waals surface area contributed by atoms with Crippen molar-refractivity contribution in [3.05, 3.63) is 69.2 Å². The minimum Gasteiger partial charge on any atom is -0.478 e. The van der Waals surface area contributed by atoms with Crippen molar-refractivity contribution in [2.45, 2.75) is 25.1 Å². The van der Waals surface area contributed by atoms with E-state index in [0.29, 0.717) is 16.7 Å². The highest BCUT2D eigenvalue weighted by molar-refractivity contribution is 6.34. The molecule has 8 heteroatoms. The minimum atomic E-state index is -4.73. The molecule has 2 aromatic rings. The number of halogens is 5. The van der Waals surface area contributed by atoms with Crippen molar-refractivity contribution in [1.29, 1.82) is 0 Å². The van der Waals surface area contributed by atoms with Crippen molar-refractivity contribution in [2.75, 3.05) is 0 Å². The SMILES string of the molecule is CC(=CC(=O)O)c1ccc2c(c1)CC(c1cc(Cl)cc(Cl)c1)(C(F)(F)F)O2. The van der Waals surface area contributed by atoms with Crippen LogP contribution >= 0.6 is 23.2 Å². The van der Waals surface area contributed by atoms with Crippen molar-refractivity contribution >= 4 is 34.7 Å². The maximum atomic E-state index is 14.1. The summed E-state index contributed by atoms with van der Waals surface area (Å²) in [5.41, 5.74) is -1.57. The van der Waals surface area contributed by atoms with Gasteiger partial charge in [-0.25, -0.2) is 4.79 Å². The number of benzene rings is 2. The van der Waals surface area contributed by atoms with Gasteiger partial charge in [-0.15, -0.1) is 0 Å². The molecule has 1 N–H and O–H groups in total. The van der Waals surface area contributed by atoms with Gasteiger partial charge in [0.1, 0.15) is 5.75 Å². The number of carboxylic acids is 1. The predicted octanol–water partition coefficient (Wildman–Crippen LogP) is 5.87. The third kappa shape index (κ3) is 3.64. The number of fused-ring (bicyclic) bond motifs is 1. The Kier molecular flexibility index (Phi) is 4.91. The molecule has 0 amide bonds. The maximum absolute atomic E-state index is 14.1. The second kappa shape index (κ2) is 6.77. The van der Waals surface area contributed by atoms with E-state index in [2.05, 4.69) is 0 Å². The van der Waals surface area contributed by atoms with Crippen LogP contribution in [0.4, 0.5) is 13.2 Å². The molecule has 0 saturated heterocycles. The quantitative estimate of drug-likeness (QED) is 0.635. The first-order chi connectivity index (χ1) is 12.5. The van der Waals surface area contributed by atoms with Crippen molar-refractivity contribution in [3.8, 4) is 5.75 Å². The number of allylic oxidation sites excluding steroid dienone is 1. The summed E-state index contributed by atoms with van der Waals surface area (Å²) in [5, 5.41) is 9.00. The van der Waals surface area contributed by atoms with Gasteiger partial charge >= 0.3 is 12.1 Å². The van der Waals surface area contributed by atoms with Crippen LogP contribution in [0.3, 0.4) is 0 Å². The van der Waals surface area contributed by atoms with E-state index in [-0.39, 0.29) is 21.4 Å². The summed E-state index contributed by atoms with van der Waals surface area (Å²) < 4.78 is 47.6. The second-order valence-electron chi connectivity index (χ2n) is 6.25. The van der Waals surface area contributed by atoms with Gasteiger partial charge in [-0.3, -0.25) is 0 Å². The van der Waals surface area contributed by atoms with Crippen LogP contribution < -0.4 is 4.74 Å². The molecule has 0 fully saturated rings. The molecule has 2 aromatic carbocycles. The summed E-state index contributed by atoms with van der Waals surface area (Å²) in [7, 11) is 0. The number of carboxylic acid groups (broad SMARTS) is 1. The summed E-state index contributed by atoms with van der Waals surface area (Å²) in [6.45, 7) is 1.57. The minimum absolute atomic E-state index is 0.0709. The van der Waals surface area contributed by atoms with Gasteiger partial charge in [-0.05, 0) is 54.0 Å². The van der Waals surface area contributed by atoms with Crippen LogP contribution in [0.15, 0.2) is 42.5 Å². The molecule has 1 unspecified atom stereocenters. The lowest BCUT2D eigenvalue weighted by Gasteiger charge is -2.31. The zero-order valence-corrected chi connectivity index (χ0v) is 15.4. The molecule has 0 bridgehead atoms. The molecule has 0 spiro atoms. The van der Waals surface area contributed by atoms with Gasteiger partial charge in [0.15, 0.2) is 0 Å². The zero-order valence-electron chi connectivity index (χ0n) is 13.9. The molecule has 1 heterocycles. The summed E-state index contributed by atoms with van der Waals surface area (Å²) in [5.74, 6) is -1.06. The lowest BCUT2D eigenvalue weighted by atomic mass is 9.88. The third-order valence-electron chi connectivity index (χ3n) is 4.37. The van der Waals surface area contributed by atoms with Crippen LogP contribution in [0, 0.1) is 0 Å². The first kappa shape index (κ1) is 19.6. The van der Waals surface area contributed by atoms with Crippen LogP contribution in [0.5, 0.6) is 5.75 Å². The van der Waals surface area contributed by atoms with Crippen LogP contribution in [0.1, 0.15) is 23.6 Å². The Hall–Kier alpha value is -2.18. The highest BCUT2D eigenvalue weighted by Gasteiger charge is 2.61. The average Bonchev–Trinajstić information content (AvgIpc) is 2.93. The molecule has 1 aliphatic heterocycles. The molecule has 3 nitrogen and oxygen atoms in total. The van der Waals surface area contributed by atoms with Crippen LogP contribution in [0.25, 0.3) is 5.57 Å². The molecule has 0 radical (unpaired) electrons. The van der Waals surface area contributed by atoms with E-state index in [0.717, 1.165) is 6.08 Å². The van der Waals surface area contributed by atoms with Crippen molar-refractivity contribution in [1.82, 2.24) is 0 Å². The Balaban J connectivity index is 2.10. The summed E-state index contributed by atoms with van der Waals surface area (Å²) in [6, 6.07) is 8.14. The smallest absolute Gasteiger partial charge is 0.432 e.